The predicted molar refractivity (Wildman–Crippen MR) is 54.1 cm³/mol. The SMILES string of the molecule is CCOC(=O)CCC1(C)OC(C)=CC1=O. The molecule has 0 spiro atoms. The largest absolute Gasteiger partial charge is 0.484 e. The fourth-order valence-electron chi connectivity index (χ4n) is 1.52. The number of allylic oxidation sites excluding steroid dienone is 1. The fraction of sp³-hybridized carbons (Fsp3) is 0.636. The van der Waals surface area contributed by atoms with Gasteiger partial charge >= 0.3 is 5.97 Å². The van der Waals surface area contributed by atoms with E-state index in [0.29, 0.717) is 18.8 Å². The topological polar surface area (TPSA) is 52.6 Å². The van der Waals surface area contributed by atoms with E-state index in [0.717, 1.165) is 0 Å². The summed E-state index contributed by atoms with van der Waals surface area (Å²) in [7, 11) is 0. The number of ether oxygens (including phenoxy) is 2. The van der Waals surface area contributed by atoms with Gasteiger partial charge in [0.05, 0.1) is 12.4 Å². The molecule has 4 heteroatoms. The van der Waals surface area contributed by atoms with Gasteiger partial charge in [0.1, 0.15) is 0 Å². The summed E-state index contributed by atoms with van der Waals surface area (Å²) < 4.78 is 10.2. The molecule has 1 aliphatic heterocycles. The molecule has 0 aromatic rings. The first-order valence-corrected chi connectivity index (χ1v) is 5.05. The van der Waals surface area contributed by atoms with Crippen LogP contribution in [0.25, 0.3) is 0 Å². The molecule has 1 heterocycles. The molecular weight excluding hydrogens is 196 g/mol. The van der Waals surface area contributed by atoms with Crippen molar-refractivity contribution in [2.45, 2.75) is 39.2 Å². The average Bonchev–Trinajstić information content (AvgIpc) is 2.39. The van der Waals surface area contributed by atoms with Crippen LogP contribution in [0, 0.1) is 0 Å². The first-order valence-electron chi connectivity index (χ1n) is 5.05. The molecule has 0 radical (unpaired) electrons. The Hall–Kier alpha value is -1.32. The van der Waals surface area contributed by atoms with Gasteiger partial charge in [-0.15, -0.1) is 0 Å². The van der Waals surface area contributed by atoms with Crippen molar-refractivity contribution in [3.8, 4) is 0 Å². The van der Waals surface area contributed by atoms with Crippen molar-refractivity contribution < 1.29 is 19.1 Å². The van der Waals surface area contributed by atoms with E-state index >= 15 is 0 Å². The smallest absolute Gasteiger partial charge is 0.305 e. The summed E-state index contributed by atoms with van der Waals surface area (Å²) in [6.45, 7) is 5.54. The van der Waals surface area contributed by atoms with E-state index in [1.165, 1.54) is 6.08 Å². The molecule has 1 aliphatic rings. The van der Waals surface area contributed by atoms with Gasteiger partial charge in [-0.1, -0.05) is 0 Å². The zero-order valence-electron chi connectivity index (χ0n) is 9.33. The third-order valence-electron chi connectivity index (χ3n) is 2.35. The van der Waals surface area contributed by atoms with E-state index in [-0.39, 0.29) is 18.2 Å². The Bertz CT molecular complexity index is 306. The van der Waals surface area contributed by atoms with E-state index in [2.05, 4.69) is 0 Å². The zero-order valence-corrected chi connectivity index (χ0v) is 9.33. The van der Waals surface area contributed by atoms with Gasteiger partial charge in [-0.3, -0.25) is 9.59 Å². The van der Waals surface area contributed by atoms with Gasteiger partial charge in [0.25, 0.3) is 0 Å². The molecule has 84 valence electrons. The van der Waals surface area contributed by atoms with Crippen LogP contribution in [0.1, 0.15) is 33.6 Å². The van der Waals surface area contributed by atoms with Crippen molar-refractivity contribution in [2.75, 3.05) is 6.61 Å². The lowest BCUT2D eigenvalue weighted by atomic mass is 9.96. The molecule has 4 nitrogen and oxygen atoms in total. The molecule has 0 saturated carbocycles. The highest BCUT2D eigenvalue weighted by Crippen LogP contribution is 2.28. The third kappa shape index (κ3) is 2.81. The Labute approximate surface area is 89.2 Å². The summed E-state index contributed by atoms with van der Waals surface area (Å²) in [5.41, 5.74) is -0.878. The molecule has 0 aliphatic carbocycles. The van der Waals surface area contributed by atoms with Gasteiger partial charge in [0, 0.05) is 18.9 Å². The van der Waals surface area contributed by atoms with Gasteiger partial charge in [-0.05, 0) is 20.8 Å². The van der Waals surface area contributed by atoms with E-state index in [4.69, 9.17) is 9.47 Å². The van der Waals surface area contributed by atoms with Gasteiger partial charge < -0.3 is 9.47 Å². The first kappa shape index (κ1) is 11.8. The standard InChI is InChI=1S/C11H16O4/c1-4-14-10(13)5-6-11(3)9(12)7-8(2)15-11/h7H,4-6H2,1-3H3. The maximum absolute atomic E-state index is 11.5. The third-order valence-corrected chi connectivity index (χ3v) is 2.35. The van der Waals surface area contributed by atoms with Crippen LogP contribution in [0.4, 0.5) is 0 Å². The molecule has 0 aromatic heterocycles. The molecule has 1 atom stereocenters. The normalized spacial score (nSPS) is 24.7. The van der Waals surface area contributed by atoms with E-state index in [1.54, 1.807) is 20.8 Å². The molecule has 0 N–H and O–H groups in total. The summed E-state index contributed by atoms with van der Waals surface area (Å²) in [6.07, 6.45) is 2.03. The second-order valence-corrected chi connectivity index (χ2v) is 3.76. The van der Waals surface area contributed by atoms with Crippen molar-refractivity contribution in [2.24, 2.45) is 0 Å². The zero-order chi connectivity index (χ0) is 11.5. The minimum atomic E-state index is -0.878. The van der Waals surface area contributed by atoms with Crippen LogP contribution < -0.4 is 0 Å². The first-order chi connectivity index (χ1) is 6.98. The monoisotopic (exact) mass is 212 g/mol. The van der Waals surface area contributed by atoms with E-state index in [1.807, 2.05) is 0 Å². The molecule has 1 rings (SSSR count). The van der Waals surface area contributed by atoms with Gasteiger partial charge in [0.2, 0.25) is 5.78 Å². The quantitative estimate of drug-likeness (QED) is 0.664. The van der Waals surface area contributed by atoms with Crippen molar-refractivity contribution in [3.05, 3.63) is 11.8 Å². The number of hydrogen-bond donors (Lipinski definition) is 0. The Morgan fingerprint density at radius 2 is 2.27 bits per heavy atom. The molecule has 0 bridgehead atoms. The predicted octanol–water partition coefficient (Wildman–Crippen LogP) is 1.59. The number of carbonyl (C=O) groups excluding carboxylic acids is 2. The lowest BCUT2D eigenvalue weighted by Gasteiger charge is -2.22. The van der Waals surface area contributed by atoms with Crippen LogP contribution in [-0.4, -0.2) is 24.0 Å². The molecular formula is C11H16O4. The van der Waals surface area contributed by atoms with Crippen molar-refractivity contribution in [1.82, 2.24) is 0 Å². The Balaban J connectivity index is 2.46. The second-order valence-electron chi connectivity index (χ2n) is 3.76. The van der Waals surface area contributed by atoms with Crippen molar-refractivity contribution in [3.63, 3.8) is 0 Å². The molecule has 0 amide bonds. The molecule has 1 unspecified atom stereocenters. The molecule has 15 heavy (non-hydrogen) atoms. The Kier molecular flexibility index (Phi) is 3.50. The maximum Gasteiger partial charge on any atom is 0.305 e. The summed E-state index contributed by atoms with van der Waals surface area (Å²) in [4.78, 5) is 22.6. The summed E-state index contributed by atoms with van der Waals surface area (Å²) in [5.74, 6) is 0.232. The lowest BCUT2D eigenvalue weighted by molar-refractivity contribution is -0.145. The Morgan fingerprint density at radius 1 is 1.60 bits per heavy atom. The lowest BCUT2D eigenvalue weighted by Crippen LogP contribution is -2.33. The van der Waals surface area contributed by atoms with E-state index in [9.17, 15) is 9.59 Å². The van der Waals surface area contributed by atoms with E-state index < -0.39 is 5.60 Å². The highest BCUT2D eigenvalue weighted by atomic mass is 16.5. The summed E-state index contributed by atoms with van der Waals surface area (Å²) >= 11 is 0. The second kappa shape index (κ2) is 4.47. The van der Waals surface area contributed by atoms with Gasteiger partial charge in [0.15, 0.2) is 5.60 Å². The van der Waals surface area contributed by atoms with Gasteiger partial charge in [-0.25, -0.2) is 0 Å². The minimum Gasteiger partial charge on any atom is -0.484 e. The minimum absolute atomic E-state index is 0.0794. The van der Waals surface area contributed by atoms with Crippen LogP contribution in [0.5, 0.6) is 0 Å². The average molecular weight is 212 g/mol. The number of esters is 1. The Morgan fingerprint density at radius 3 is 2.73 bits per heavy atom. The van der Waals surface area contributed by atoms with Crippen LogP contribution >= 0.6 is 0 Å². The maximum atomic E-state index is 11.5. The van der Waals surface area contributed by atoms with Crippen LogP contribution in [0.2, 0.25) is 0 Å². The molecule has 0 saturated heterocycles. The van der Waals surface area contributed by atoms with Gasteiger partial charge in [-0.2, -0.15) is 0 Å². The number of carbonyl (C=O) groups is 2. The summed E-state index contributed by atoms with van der Waals surface area (Å²) in [6, 6.07) is 0. The fourth-order valence-corrected chi connectivity index (χ4v) is 1.52. The number of rotatable bonds is 4. The number of hydrogen-bond acceptors (Lipinski definition) is 4. The molecule has 0 fully saturated rings. The number of ketones is 1. The van der Waals surface area contributed by atoms with Crippen molar-refractivity contribution in [1.29, 1.82) is 0 Å². The van der Waals surface area contributed by atoms with Crippen LogP contribution in [0.3, 0.4) is 0 Å². The van der Waals surface area contributed by atoms with Crippen molar-refractivity contribution >= 4 is 11.8 Å². The summed E-state index contributed by atoms with van der Waals surface area (Å²) in [5, 5.41) is 0. The molecule has 0 aromatic carbocycles. The van der Waals surface area contributed by atoms with Crippen LogP contribution in [-0.2, 0) is 19.1 Å². The highest BCUT2D eigenvalue weighted by molar-refractivity contribution is 5.99. The highest BCUT2D eigenvalue weighted by Gasteiger charge is 2.38. The van der Waals surface area contributed by atoms with Crippen LogP contribution in [0.15, 0.2) is 11.8 Å².